The highest BCUT2D eigenvalue weighted by Gasteiger charge is 2.22. The van der Waals surface area contributed by atoms with Crippen molar-refractivity contribution in [1.29, 1.82) is 0 Å². The van der Waals surface area contributed by atoms with Crippen molar-refractivity contribution >= 4 is 22.6 Å². The van der Waals surface area contributed by atoms with E-state index in [2.05, 4.69) is 20.3 Å². The van der Waals surface area contributed by atoms with Gasteiger partial charge in [0.25, 0.3) is 0 Å². The van der Waals surface area contributed by atoms with Gasteiger partial charge in [-0.3, -0.25) is 14.6 Å². The van der Waals surface area contributed by atoms with Crippen LogP contribution in [0.5, 0.6) is 5.88 Å². The zero-order chi connectivity index (χ0) is 26.0. The third kappa shape index (κ3) is 7.00. The number of aromatic nitrogens is 3. The second-order valence-electron chi connectivity index (χ2n) is 8.95. The van der Waals surface area contributed by atoms with Crippen LogP contribution in [0.25, 0.3) is 22.2 Å². The van der Waals surface area contributed by atoms with Gasteiger partial charge < -0.3 is 14.5 Å². The average Bonchev–Trinajstić information content (AvgIpc) is 3.42. The van der Waals surface area contributed by atoms with Gasteiger partial charge in [0.05, 0.1) is 30.8 Å². The molecular weight excluding hydrogens is 468 g/mol. The van der Waals surface area contributed by atoms with Crippen LogP contribution < -0.4 is 10.1 Å². The summed E-state index contributed by atoms with van der Waals surface area (Å²) >= 11 is 0. The number of unbranched alkanes of at least 4 members (excludes halogenated alkanes) is 2. The zero-order valence-electron chi connectivity index (χ0n) is 21.3. The number of pyridine rings is 2. The fourth-order valence-electron chi connectivity index (χ4n) is 4.22. The number of nitrogens with zero attached hydrogens (tertiary/aromatic N) is 3. The number of methoxy groups -OCH3 is 1. The van der Waals surface area contributed by atoms with Crippen LogP contribution in [0.3, 0.4) is 0 Å². The van der Waals surface area contributed by atoms with Crippen LogP contribution in [0.1, 0.15) is 62.9 Å². The summed E-state index contributed by atoms with van der Waals surface area (Å²) in [5, 5.41) is 4.04. The molecule has 1 atom stereocenters. The van der Waals surface area contributed by atoms with Crippen molar-refractivity contribution in [2.75, 3.05) is 7.11 Å². The highest BCUT2D eigenvalue weighted by molar-refractivity contribution is 5.85. The number of nitrogens with one attached hydrogen (secondary N) is 1. The van der Waals surface area contributed by atoms with E-state index in [1.54, 1.807) is 25.7 Å². The third-order valence-corrected chi connectivity index (χ3v) is 6.23. The molecule has 3 aromatic heterocycles. The molecule has 0 radical (unpaired) electrons. The summed E-state index contributed by atoms with van der Waals surface area (Å²) in [5.41, 5.74) is 2.35. The van der Waals surface area contributed by atoms with E-state index in [4.69, 9.17) is 9.15 Å². The number of para-hydroxylation sites is 1. The van der Waals surface area contributed by atoms with E-state index in [0.29, 0.717) is 42.4 Å². The average molecular weight is 501 g/mol. The van der Waals surface area contributed by atoms with Crippen molar-refractivity contribution in [3.05, 3.63) is 72.5 Å². The molecule has 0 aliphatic heterocycles. The summed E-state index contributed by atoms with van der Waals surface area (Å²) in [6.45, 7) is 1.89. The lowest BCUT2D eigenvalue weighted by Crippen LogP contribution is -2.30. The summed E-state index contributed by atoms with van der Waals surface area (Å²) in [4.78, 5) is 37.7. The number of ketones is 1. The maximum absolute atomic E-state index is 12.9. The van der Waals surface area contributed by atoms with E-state index in [0.717, 1.165) is 35.7 Å². The lowest BCUT2D eigenvalue weighted by molar-refractivity contribution is -0.121. The number of hydrogen-bond donors (Lipinski definition) is 1. The standard InChI is InChI=1S/C29H32N4O4/c1-3-22(34)12-5-4-6-14-25(32-27(35)16-20-10-9-15-30-18-20)29-31-19-26(37-29)23-17-21-11-7-8-13-24(21)33-28(23)36-2/h7-11,13,15,17-19,25H,3-6,12,14,16H2,1-2H3,(H,32,35)/t25-/m0/s1. The van der Waals surface area contributed by atoms with Crippen molar-refractivity contribution in [3.63, 3.8) is 0 Å². The Morgan fingerprint density at radius 1 is 1.08 bits per heavy atom. The largest absolute Gasteiger partial charge is 0.480 e. The molecule has 1 aromatic carbocycles. The van der Waals surface area contributed by atoms with Crippen LogP contribution in [0.15, 0.2) is 65.5 Å². The molecule has 37 heavy (non-hydrogen) atoms. The van der Waals surface area contributed by atoms with Crippen molar-refractivity contribution in [3.8, 4) is 17.2 Å². The van der Waals surface area contributed by atoms with Gasteiger partial charge in [-0.1, -0.05) is 44.0 Å². The molecule has 1 amide bonds. The Morgan fingerprint density at radius 3 is 2.73 bits per heavy atom. The molecule has 4 rings (SSSR count). The third-order valence-electron chi connectivity index (χ3n) is 6.23. The van der Waals surface area contributed by atoms with Gasteiger partial charge in [0.2, 0.25) is 17.7 Å². The Hall–Kier alpha value is -4.07. The SMILES string of the molecule is CCC(=O)CCCCC[C@H](NC(=O)Cc1cccnc1)c1ncc(-c2cc3ccccc3nc2OC)o1. The number of oxazole rings is 1. The van der Waals surface area contributed by atoms with E-state index in [1.807, 2.05) is 49.4 Å². The highest BCUT2D eigenvalue weighted by atomic mass is 16.5. The topological polar surface area (TPSA) is 107 Å². The maximum atomic E-state index is 12.9. The Kier molecular flexibility index (Phi) is 8.97. The first-order valence-electron chi connectivity index (χ1n) is 12.7. The summed E-state index contributed by atoms with van der Waals surface area (Å²) < 4.78 is 11.7. The number of Topliss-reactive ketones (excluding diaryl/α,β-unsaturated/α-hetero) is 1. The van der Waals surface area contributed by atoms with Crippen molar-refractivity contribution in [1.82, 2.24) is 20.3 Å². The fraction of sp³-hybridized carbons (Fsp3) is 0.345. The monoisotopic (exact) mass is 500 g/mol. The number of ether oxygens (including phenoxy) is 1. The molecule has 8 nitrogen and oxygen atoms in total. The molecule has 3 heterocycles. The highest BCUT2D eigenvalue weighted by Crippen LogP contribution is 2.33. The van der Waals surface area contributed by atoms with Crippen molar-refractivity contribution < 1.29 is 18.7 Å². The molecule has 0 spiro atoms. The van der Waals surface area contributed by atoms with Gasteiger partial charge in [-0.25, -0.2) is 9.97 Å². The zero-order valence-corrected chi connectivity index (χ0v) is 21.3. The molecule has 1 N–H and O–H groups in total. The minimum atomic E-state index is -0.404. The number of fused-ring (bicyclic) bond motifs is 1. The van der Waals surface area contributed by atoms with E-state index >= 15 is 0 Å². The van der Waals surface area contributed by atoms with Gasteiger partial charge in [-0.15, -0.1) is 0 Å². The Balaban J connectivity index is 1.52. The van der Waals surface area contributed by atoms with Crippen LogP contribution in [0.4, 0.5) is 0 Å². The van der Waals surface area contributed by atoms with E-state index in [9.17, 15) is 9.59 Å². The van der Waals surface area contributed by atoms with Gasteiger partial charge in [-0.05, 0) is 36.6 Å². The van der Waals surface area contributed by atoms with Gasteiger partial charge in [0.1, 0.15) is 11.8 Å². The predicted octanol–water partition coefficient (Wildman–Crippen LogP) is 5.62. The Morgan fingerprint density at radius 2 is 1.95 bits per heavy atom. The Bertz CT molecular complexity index is 1340. The molecule has 0 bridgehead atoms. The quantitative estimate of drug-likeness (QED) is 0.237. The minimum Gasteiger partial charge on any atom is -0.480 e. The summed E-state index contributed by atoms with van der Waals surface area (Å²) in [5.74, 6) is 1.53. The first-order chi connectivity index (χ1) is 18.1. The summed E-state index contributed by atoms with van der Waals surface area (Å²) in [6, 6.07) is 13.0. The molecule has 0 saturated carbocycles. The second kappa shape index (κ2) is 12.8. The maximum Gasteiger partial charge on any atom is 0.225 e. The van der Waals surface area contributed by atoms with Crippen LogP contribution in [0.2, 0.25) is 0 Å². The van der Waals surface area contributed by atoms with Crippen LogP contribution in [0, 0.1) is 0 Å². The van der Waals surface area contributed by atoms with Crippen molar-refractivity contribution in [2.24, 2.45) is 0 Å². The molecule has 0 saturated heterocycles. The molecule has 4 aromatic rings. The normalized spacial score (nSPS) is 11.8. The molecular formula is C29H32N4O4. The first kappa shape index (κ1) is 26.0. The van der Waals surface area contributed by atoms with E-state index < -0.39 is 6.04 Å². The van der Waals surface area contributed by atoms with Gasteiger partial charge >= 0.3 is 0 Å². The number of carbonyl (C=O) groups excluding carboxylic acids is 2. The summed E-state index contributed by atoms with van der Waals surface area (Å²) in [6.07, 6.45) is 9.57. The number of rotatable bonds is 13. The number of benzene rings is 1. The second-order valence-corrected chi connectivity index (χ2v) is 8.95. The van der Waals surface area contributed by atoms with Crippen LogP contribution >= 0.6 is 0 Å². The van der Waals surface area contributed by atoms with Crippen LogP contribution in [-0.2, 0) is 16.0 Å². The Labute approximate surface area is 216 Å². The number of amides is 1. The van der Waals surface area contributed by atoms with Gasteiger partial charge in [0, 0.05) is 30.6 Å². The van der Waals surface area contributed by atoms with Gasteiger partial charge in [-0.2, -0.15) is 0 Å². The minimum absolute atomic E-state index is 0.135. The smallest absolute Gasteiger partial charge is 0.225 e. The number of carbonyl (C=O) groups is 2. The van der Waals surface area contributed by atoms with Crippen LogP contribution in [-0.4, -0.2) is 33.8 Å². The van der Waals surface area contributed by atoms with Gasteiger partial charge in [0.15, 0.2) is 5.76 Å². The molecule has 0 aliphatic carbocycles. The lowest BCUT2D eigenvalue weighted by atomic mass is 10.0. The molecule has 0 aliphatic rings. The first-order valence-corrected chi connectivity index (χ1v) is 12.7. The lowest BCUT2D eigenvalue weighted by Gasteiger charge is -2.16. The fourth-order valence-corrected chi connectivity index (χ4v) is 4.22. The molecule has 0 unspecified atom stereocenters. The van der Waals surface area contributed by atoms with E-state index in [-0.39, 0.29) is 18.1 Å². The molecule has 0 fully saturated rings. The molecule has 192 valence electrons. The summed E-state index contributed by atoms with van der Waals surface area (Å²) in [7, 11) is 1.57. The van der Waals surface area contributed by atoms with Crippen molar-refractivity contribution in [2.45, 2.75) is 57.9 Å². The molecule has 8 heteroatoms. The predicted molar refractivity (Wildman–Crippen MR) is 141 cm³/mol. The van der Waals surface area contributed by atoms with E-state index in [1.165, 1.54) is 0 Å². The number of hydrogen-bond acceptors (Lipinski definition) is 7.